The number of anilines is 1. The Morgan fingerprint density at radius 2 is 1.72 bits per heavy atom. The van der Waals surface area contributed by atoms with Crippen LogP contribution < -0.4 is 10.6 Å². The van der Waals surface area contributed by atoms with Gasteiger partial charge in [-0.25, -0.2) is 4.79 Å². The molecule has 1 saturated heterocycles. The fourth-order valence-corrected chi connectivity index (χ4v) is 3.80. The van der Waals surface area contributed by atoms with Gasteiger partial charge in [-0.1, -0.05) is 18.2 Å². The molecule has 1 aliphatic heterocycles. The van der Waals surface area contributed by atoms with Crippen molar-refractivity contribution in [3.05, 3.63) is 30.3 Å². The van der Waals surface area contributed by atoms with Crippen molar-refractivity contribution in [1.82, 2.24) is 10.2 Å². The highest BCUT2D eigenvalue weighted by Crippen LogP contribution is 2.25. The molecule has 1 atom stereocenters. The van der Waals surface area contributed by atoms with Crippen molar-refractivity contribution >= 4 is 17.7 Å². The first kappa shape index (κ1) is 17.6. The van der Waals surface area contributed by atoms with Crippen molar-refractivity contribution in [2.24, 2.45) is 5.92 Å². The molecular weight excluding hydrogens is 318 g/mol. The SMILES string of the molecule is O=C(O)C1CCC(NC(=O)N2CCCC(Nc3ccccc3)C2)CC1. The maximum absolute atomic E-state index is 12.6. The van der Waals surface area contributed by atoms with Crippen molar-refractivity contribution in [3.8, 4) is 0 Å². The Hall–Kier alpha value is -2.24. The summed E-state index contributed by atoms with van der Waals surface area (Å²) in [5.74, 6) is -0.960. The number of hydrogen-bond donors (Lipinski definition) is 3. The first-order valence-corrected chi connectivity index (χ1v) is 9.21. The lowest BCUT2D eigenvalue weighted by Gasteiger charge is -2.35. The number of aliphatic carboxylic acids is 1. The normalized spacial score (nSPS) is 26.7. The predicted octanol–water partition coefficient (Wildman–Crippen LogP) is 2.92. The molecule has 2 aliphatic rings. The number of hydrogen-bond acceptors (Lipinski definition) is 3. The topological polar surface area (TPSA) is 81.7 Å². The second-order valence-corrected chi connectivity index (χ2v) is 7.13. The van der Waals surface area contributed by atoms with Gasteiger partial charge in [0.2, 0.25) is 0 Å². The molecule has 1 aromatic carbocycles. The van der Waals surface area contributed by atoms with E-state index in [-0.39, 0.29) is 24.0 Å². The highest BCUT2D eigenvalue weighted by atomic mass is 16.4. The Labute approximate surface area is 148 Å². The van der Waals surface area contributed by atoms with Gasteiger partial charge in [0.05, 0.1) is 5.92 Å². The first-order chi connectivity index (χ1) is 12.1. The lowest BCUT2D eigenvalue weighted by atomic mass is 9.86. The number of carbonyl (C=O) groups excluding carboxylic acids is 1. The molecule has 1 heterocycles. The molecule has 1 aliphatic carbocycles. The van der Waals surface area contributed by atoms with E-state index >= 15 is 0 Å². The molecule has 1 saturated carbocycles. The quantitative estimate of drug-likeness (QED) is 0.784. The van der Waals surface area contributed by atoms with Gasteiger partial charge in [-0.15, -0.1) is 0 Å². The number of para-hydroxylation sites is 1. The molecule has 2 fully saturated rings. The summed E-state index contributed by atoms with van der Waals surface area (Å²) in [6.07, 6.45) is 4.85. The van der Waals surface area contributed by atoms with E-state index in [9.17, 15) is 9.59 Å². The van der Waals surface area contributed by atoms with E-state index in [4.69, 9.17) is 5.11 Å². The van der Waals surface area contributed by atoms with Gasteiger partial charge in [0.25, 0.3) is 0 Å². The first-order valence-electron chi connectivity index (χ1n) is 9.21. The fourth-order valence-electron chi connectivity index (χ4n) is 3.80. The molecule has 3 N–H and O–H groups in total. The molecule has 1 unspecified atom stereocenters. The molecule has 2 amide bonds. The summed E-state index contributed by atoms with van der Waals surface area (Å²) in [5, 5.41) is 15.7. The summed E-state index contributed by atoms with van der Waals surface area (Å²) in [4.78, 5) is 25.4. The number of piperidine rings is 1. The Balaban J connectivity index is 1.46. The van der Waals surface area contributed by atoms with Crippen LogP contribution in [0.1, 0.15) is 38.5 Å². The summed E-state index contributed by atoms with van der Waals surface area (Å²) in [6, 6.07) is 10.4. The van der Waals surface area contributed by atoms with Crippen LogP contribution in [0.5, 0.6) is 0 Å². The Morgan fingerprint density at radius 3 is 2.40 bits per heavy atom. The van der Waals surface area contributed by atoms with Gasteiger partial charge in [0.15, 0.2) is 0 Å². The minimum atomic E-state index is -0.712. The number of carbonyl (C=O) groups is 2. The van der Waals surface area contributed by atoms with E-state index < -0.39 is 5.97 Å². The van der Waals surface area contributed by atoms with Crippen LogP contribution in [0.15, 0.2) is 30.3 Å². The third kappa shape index (κ3) is 4.87. The second-order valence-electron chi connectivity index (χ2n) is 7.13. The van der Waals surface area contributed by atoms with Crippen LogP contribution in [-0.2, 0) is 4.79 Å². The fraction of sp³-hybridized carbons (Fsp3) is 0.579. The van der Waals surface area contributed by atoms with E-state index in [1.54, 1.807) is 0 Å². The molecule has 0 spiro atoms. The number of nitrogens with one attached hydrogen (secondary N) is 2. The number of likely N-dealkylation sites (tertiary alicyclic amines) is 1. The van der Waals surface area contributed by atoms with Gasteiger partial charge in [-0.2, -0.15) is 0 Å². The number of carboxylic acids is 1. The maximum atomic E-state index is 12.6. The van der Waals surface area contributed by atoms with Crippen molar-refractivity contribution in [3.63, 3.8) is 0 Å². The average Bonchev–Trinajstić information content (AvgIpc) is 2.63. The molecule has 6 nitrogen and oxygen atoms in total. The van der Waals surface area contributed by atoms with Gasteiger partial charge < -0.3 is 20.6 Å². The zero-order valence-corrected chi connectivity index (χ0v) is 14.5. The van der Waals surface area contributed by atoms with Crippen molar-refractivity contribution < 1.29 is 14.7 Å². The minimum Gasteiger partial charge on any atom is -0.481 e. The monoisotopic (exact) mass is 345 g/mol. The second kappa shape index (κ2) is 8.23. The number of amides is 2. The number of rotatable bonds is 4. The molecule has 136 valence electrons. The third-order valence-corrected chi connectivity index (χ3v) is 5.26. The number of carboxylic acid groups (broad SMARTS) is 1. The number of nitrogens with zero attached hydrogens (tertiary/aromatic N) is 1. The lowest BCUT2D eigenvalue weighted by molar-refractivity contribution is -0.142. The van der Waals surface area contributed by atoms with Gasteiger partial charge >= 0.3 is 12.0 Å². The zero-order valence-electron chi connectivity index (χ0n) is 14.5. The Kier molecular flexibility index (Phi) is 5.79. The molecule has 6 heteroatoms. The van der Waals surface area contributed by atoms with E-state index in [0.717, 1.165) is 37.9 Å². The summed E-state index contributed by atoms with van der Waals surface area (Å²) in [5.41, 5.74) is 1.08. The van der Waals surface area contributed by atoms with Crippen molar-refractivity contribution in [2.75, 3.05) is 18.4 Å². The summed E-state index contributed by atoms with van der Waals surface area (Å²) >= 11 is 0. The lowest BCUT2D eigenvalue weighted by Crippen LogP contribution is -2.51. The Bertz CT molecular complexity index is 585. The summed E-state index contributed by atoms with van der Waals surface area (Å²) < 4.78 is 0. The zero-order chi connectivity index (χ0) is 17.6. The van der Waals surface area contributed by atoms with Crippen LogP contribution >= 0.6 is 0 Å². The van der Waals surface area contributed by atoms with Crippen LogP contribution in [0.25, 0.3) is 0 Å². The molecule has 3 rings (SSSR count). The highest BCUT2D eigenvalue weighted by Gasteiger charge is 2.29. The molecule has 0 aromatic heterocycles. The number of benzene rings is 1. The van der Waals surface area contributed by atoms with Crippen molar-refractivity contribution in [1.29, 1.82) is 0 Å². The van der Waals surface area contributed by atoms with Gasteiger partial charge in [0, 0.05) is 30.9 Å². The van der Waals surface area contributed by atoms with Gasteiger partial charge in [0.1, 0.15) is 0 Å². The van der Waals surface area contributed by atoms with E-state index in [2.05, 4.69) is 10.6 Å². The standard InChI is InChI=1S/C19H27N3O3/c23-18(24)14-8-10-16(11-9-14)21-19(25)22-12-4-7-17(13-22)20-15-5-2-1-3-6-15/h1-3,5-6,14,16-17,20H,4,7-13H2,(H,21,25)(H,23,24). The van der Waals surface area contributed by atoms with Crippen LogP contribution in [0.3, 0.4) is 0 Å². The summed E-state index contributed by atoms with van der Waals surface area (Å²) in [7, 11) is 0. The van der Waals surface area contributed by atoms with Crippen LogP contribution in [0.4, 0.5) is 10.5 Å². The highest BCUT2D eigenvalue weighted by molar-refractivity contribution is 5.75. The van der Waals surface area contributed by atoms with Crippen LogP contribution in [0.2, 0.25) is 0 Å². The maximum Gasteiger partial charge on any atom is 0.317 e. The third-order valence-electron chi connectivity index (χ3n) is 5.26. The summed E-state index contributed by atoms with van der Waals surface area (Å²) in [6.45, 7) is 1.48. The van der Waals surface area contributed by atoms with E-state index in [0.29, 0.717) is 19.4 Å². The molecule has 1 aromatic rings. The molecule has 0 radical (unpaired) electrons. The largest absolute Gasteiger partial charge is 0.481 e. The molecular formula is C19H27N3O3. The van der Waals surface area contributed by atoms with Gasteiger partial charge in [-0.3, -0.25) is 4.79 Å². The number of urea groups is 1. The predicted molar refractivity (Wildman–Crippen MR) is 96.6 cm³/mol. The molecule has 25 heavy (non-hydrogen) atoms. The van der Waals surface area contributed by atoms with Crippen LogP contribution in [0, 0.1) is 5.92 Å². The van der Waals surface area contributed by atoms with Crippen LogP contribution in [-0.4, -0.2) is 47.2 Å². The van der Waals surface area contributed by atoms with E-state index in [1.807, 2.05) is 35.2 Å². The smallest absolute Gasteiger partial charge is 0.317 e. The Morgan fingerprint density at radius 1 is 1.00 bits per heavy atom. The van der Waals surface area contributed by atoms with Crippen molar-refractivity contribution in [2.45, 2.75) is 50.6 Å². The average molecular weight is 345 g/mol. The van der Waals surface area contributed by atoms with Gasteiger partial charge in [-0.05, 0) is 50.7 Å². The minimum absolute atomic E-state index is 0.0154. The van der Waals surface area contributed by atoms with E-state index in [1.165, 1.54) is 0 Å². The molecule has 0 bridgehead atoms.